The molecule has 0 saturated carbocycles. The van der Waals surface area contributed by atoms with Crippen LogP contribution in [0.4, 0.5) is 4.39 Å². The number of carbonyl (C=O) groups is 3. The summed E-state index contributed by atoms with van der Waals surface area (Å²) < 4.78 is 25.5. The van der Waals surface area contributed by atoms with Gasteiger partial charge in [-0.2, -0.15) is 0 Å². The summed E-state index contributed by atoms with van der Waals surface area (Å²) in [4.78, 5) is 39.9. The fourth-order valence-corrected chi connectivity index (χ4v) is 4.31. The van der Waals surface area contributed by atoms with Crippen molar-refractivity contribution in [2.24, 2.45) is 0 Å². The lowest BCUT2D eigenvalue weighted by Crippen LogP contribution is -2.29. The van der Waals surface area contributed by atoms with Crippen molar-refractivity contribution in [2.75, 3.05) is 7.11 Å². The molecule has 0 N–H and O–H groups in total. The third kappa shape index (κ3) is 2.95. The Hall–Kier alpha value is -4.06. The summed E-state index contributed by atoms with van der Waals surface area (Å²) in [5.74, 6) is -2.96. The number of fused-ring (bicyclic) bond motifs is 1. The second-order valence-electron chi connectivity index (χ2n) is 7.59. The van der Waals surface area contributed by atoms with E-state index in [0.717, 1.165) is 0 Å². The van der Waals surface area contributed by atoms with Crippen molar-refractivity contribution in [1.29, 1.82) is 0 Å². The monoisotopic (exact) mass is 428 g/mol. The van der Waals surface area contributed by atoms with Gasteiger partial charge in [-0.1, -0.05) is 60.7 Å². The first kappa shape index (κ1) is 19.9. The van der Waals surface area contributed by atoms with Crippen LogP contribution in [0.3, 0.4) is 0 Å². The molecule has 0 unspecified atom stereocenters. The SMILES string of the molecule is COc1ccc([C@@H]2C3=C(O[C@H]2C(=O)c2ccccc2)C(=O)c2ccccc2C3=O)cc1F. The maximum atomic E-state index is 14.6. The Morgan fingerprint density at radius 1 is 0.906 bits per heavy atom. The highest BCUT2D eigenvalue weighted by Gasteiger charge is 2.50. The van der Waals surface area contributed by atoms with E-state index in [1.54, 1.807) is 60.7 Å². The molecule has 5 rings (SSSR count). The van der Waals surface area contributed by atoms with E-state index in [1.807, 2.05) is 0 Å². The van der Waals surface area contributed by atoms with Crippen molar-refractivity contribution in [3.05, 3.63) is 112 Å². The quantitative estimate of drug-likeness (QED) is 0.571. The zero-order valence-electron chi connectivity index (χ0n) is 17.0. The molecule has 3 aromatic rings. The highest BCUT2D eigenvalue weighted by molar-refractivity contribution is 6.27. The summed E-state index contributed by atoms with van der Waals surface area (Å²) in [7, 11) is 1.35. The van der Waals surface area contributed by atoms with Gasteiger partial charge in [0, 0.05) is 16.7 Å². The number of hydrogen-bond donors (Lipinski definition) is 0. The zero-order chi connectivity index (χ0) is 22.4. The van der Waals surface area contributed by atoms with E-state index >= 15 is 0 Å². The van der Waals surface area contributed by atoms with Gasteiger partial charge in [0.05, 0.1) is 18.6 Å². The molecule has 5 nitrogen and oxygen atoms in total. The van der Waals surface area contributed by atoms with Crippen LogP contribution in [0.2, 0.25) is 0 Å². The number of halogens is 1. The van der Waals surface area contributed by atoms with Crippen molar-refractivity contribution < 1.29 is 28.2 Å². The van der Waals surface area contributed by atoms with Crippen LogP contribution < -0.4 is 4.74 Å². The lowest BCUT2D eigenvalue weighted by Gasteiger charge is -2.21. The molecular formula is C26H17FO5. The molecule has 2 atom stereocenters. The van der Waals surface area contributed by atoms with Gasteiger partial charge in [0.1, 0.15) is 0 Å². The van der Waals surface area contributed by atoms with E-state index < -0.39 is 35.2 Å². The molecular weight excluding hydrogens is 411 g/mol. The Morgan fingerprint density at radius 3 is 2.22 bits per heavy atom. The summed E-state index contributed by atoms with van der Waals surface area (Å²) in [6.07, 6.45) is -1.18. The second-order valence-corrected chi connectivity index (χ2v) is 7.59. The number of allylic oxidation sites excluding steroid dienone is 1. The van der Waals surface area contributed by atoms with Gasteiger partial charge < -0.3 is 9.47 Å². The van der Waals surface area contributed by atoms with Crippen LogP contribution in [0.1, 0.15) is 42.6 Å². The average Bonchev–Trinajstić information content (AvgIpc) is 3.23. The number of benzene rings is 3. The van der Waals surface area contributed by atoms with E-state index in [1.165, 1.54) is 19.2 Å². The van der Waals surface area contributed by atoms with Crippen LogP contribution in [0.25, 0.3) is 0 Å². The van der Waals surface area contributed by atoms with Crippen LogP contribution in [0.5, 0.6) is 5.75 Å². The fraction of sp³-hybridized carbons (Fsp3) is 0.115. The minimum atomic E-state index is -1.18. The molecule has 0 radical (unpaired) electrons. The zero-order valence-corrected chi connectivity index (χ0v) is 17.0. The number of rotatable bonds is 4. The highest BCUT2D eigenvalue weighted by Crippen LogP contribution is 2.46. The normalized spacial score (nSPS) is 19.3. The molecule has 0 fully saturated rings. The van der Waals surface area contributed by atoms with Gasteiger partial charge in [-0.05, 0) is 17.7 Å². The Bertz CT molecular complexity index is 1310. The number of hydrogen-bond acceptors (Lipinski definition) is 5. The van der Waals surface area contributed by atoms with Crippen LogP contribution in [-0.2, 0) is 4.74 Å². The first-order chi connectivity index (χ1) is 15.5. The second kappa shape index (κ2) is 7.57. The molecule has 158 valence electrons. The third-order valence-electron chi connectivity index (χ3n) is 5.82. The lowest BCUT2D eigenvalue weighted by atomic mass is 9.78. The molecule has 0 bridgehead atoms. The van der Waals surface area contributed by atoms with E-state index in [4.69, 9.17) is 9.47 Å². The maximum Gasteiger partial charge on any atom is 0.228 e. The molecule has 1 aliphatic heterocycles. The van der Waals surface area contributed by atoms with Crippen molar-refractivity contribution in [3.63, 3.8) is 0 Å². The summed E-state index contributed by atoms with van der Waals surface area (Å²) >= 11 is 0. The molecule has 2 aliphatic rings. The smallest absolute Gasteiger partial charge is 0.228 e. The lowest BCUT2D eigenvalue weighted by molar-refractivity contribution is 0.0640. The summed E-state index contributed by atoms with van der Waals surface area (Å²) in [5, 5.41) is 0. The van der Waals surface area contributed by atoms with Gasteiger partial charge in [0.15, 0.2) is 29.2 Å². The van der Waals surface area contributed by atoms with E-state index in [-0.39, 0.29) is 28.2 Å². The van der Waals surface area contributed by atoms with E-state index in [9.17, 15) is 18.8 Å². The minimum Gasteiger partial charge on any atom is -0.494 e. The molecule has 1 aliphatic carbocycles. The maximum absolute atomic E-state index is 14.6. The van der Waals surface area contributed by atoms with Crippen molar-refractivity contribution >= 4 is 17.3 Å². The molecule has 1 heterocycles. The van der Waals surface area contributed by atoms with Gasteiger partial charge in [0.2, 0.25) is 11.6 Å². The standard InChI is InChI=1S/C26H17FO5/c1-31-19-12-11-15(13-18(19)27)20-21-23(29)16-9-5-6-10-17(16)24(30)26(21)32-25(20)22(28)14-7-3-2-4-8-14/h2-13,20,25H,1H3/t20-,25-/m1/s1. The number of methoxy groups -OCH3 is 1. The molecule has 0 saturated heterocycles. The predicted octanol–water partition coefficient (Wildman–Crippen LogP) is 4.53. The molecule has 0 spiro atoms. The number of Topliss-reactive ketones (excluding diaryl/α,β-unsaturated/α-hetero) is 3. The van der Waals surface area contributed by atoms with Crippen molar-refractivity contribution in [2.45, 2.75) is 12.0 Å². The van der Waals surface area contributed by atoms with E-state index in [0.29, 0.717) is 11.1 Å². The van der Waals surface area contributed by atoms with Crippen LogP contribution >= 0.6 is 0 Å². The first-order valence-electron chi connectivity index (χ1n) is 10.0. The first-order valence-corrected chi connectivity index (χ1v) is 10.0. The topological polar surface area (TPSA) is 69.7 Å². The molecule has 32 heavy (non-hydrogen) atoms. The van der Waals surface area contributed by atoms with E-state index in [2.05, 4.69) is 0 Å². The highest BCUT2D eigenvalue weighted by atomic mass is 19.1. The van der Waals surface area contributed by atoms with Gasteiger partial charge in [-0.25, -0.2) is 4.39 Å². The Labute approximate surface area is 183 Å². The summed E-state index contributed by atoms with van der Waals surface area (Å²) in [5.41, 5.74) is 1.26. The Morgan fingerprint density at radius 2 is 1.56 bits per heavy atom. The summed E-state index contributed by atoms with van der Waals surface area (Å²) in [6.45, 7) is 0. The van der Waals surface area contributed by atoms with Gasteiger partial charge in [-0.15, -0.1) is 0 Å². The van der Waals surface area contributed by atoms with Gasteiger partial charge in [-0.3, -0.25) is 14.4 Å². The van der Waals surface area contributed by atoms with Gasteiger partial charge >= 0.3 is 0 Å². The van der Waals surface area contributed by atoms with Crippen molar-refractivity contribution in [3.8, 4) is 5.75 Å². The molecule has 6 heteroatoms. The minimum absolute atomic E-state index is 0.0317. The molecule has 0 amide bonds. The van der Waals surface area contributed by atoms with Crippen LogP contribution in [0, 0.1) is 5.82 Å². The predicted molar refractivity (Wildman–Crippen MR) is 113 cm³/mol. The number of carbonyl (C=O) groups excluding carboxylic acids is 3. The van der Waals surface area contributed by atoms with Crippen LogP contribution in [0.15, 0.2) is 84.1 Å². The Kier molecular flexibility index (Phi) is 4.70. The van der Waals surface area contributed by atoms with Crippen molar-refractivity contribution in [1.82, 2.24) is 0 Å². The largest absolute Gasteiger partial charge is 0.494 e. The van der Waals surface area contributed by atoms with Crippen LogP contribution in [-0.4, -0.2) is 30.6 Å². The number of ether oxygens (including phenoxy) is 2. The third-order valence-corrected chi connectivity index (χ3v) is 5.82. The molecule has 3 aromatic carbocycles. The summed E-state index contributed by atoms with van der Waals surface area (Å²) in [6, 6.07) is 19.1. The number of ketones is 3. The molecule has 0 aromatic heterocycles. The van der Waals surface area contributed by atoms with Gasteiger partial charge in [0.25, 0.3) is 0 Å². The average molecular weight is 428 g/mol. The fourth-order valence-electron chi connectivity index (χ4n) is 4.31. The Balaban J connectivity index is 1.67.